The molecule has 0 unspecified atom stereocenters. The molecule has 4 heteroatoms. The molecule has 70 valence electrons. The van der Waals surface area contributed by atoms with E-state index in [-0.39, 0.29) is 5.57 Å². The monoisotopic (exact) mass is 197 g/mol. The molecule has 0 radical (unpaired) electrons. The van der Waals surface area contributed by atoms with Gasteiger partial charge in [-0.2, -0.15) is 17.0 Å². The van der Waals surface area contributed by atoms with Crippen molar-refractivity contribution in [3.8, 4) is 6.07 Å². The molecule has 1 saturated heterocycles. The minimum Gasteiger partial charge on any atom is -0.462 e. The molecule has 0 aromatic heterocycles. The van der Waals surface area contributed by atoms with E-state index in [0.29, 0.717) is 6.61 Å². The third-order valence-corrected chi connectivity index (χ3v) is 2.81. The van der Waals surface area contributed by atoms with Crippen molar-refractivity contribution in [2.24, 2.45) is 0 Å². The second kappa shape index (κ2) is 4.93. The lowest BCUT2D eigenvalue weighted by Gasteiger charge is -2.01. The Hall–Kier alpha value is -0.950. The van der Waals surface area contributed by atoms with Crippen molar-refractivity contribution >= 4 is 17.7 Å². The fourth-order valence-electron chi connectivity index (χ4n) is 1.13. The van der Waals surface area contributed by atoms with E-state index in [4.69, 9.17) is 10.00 Å². The van der Waals surface area contributed by atoms with Crippen LogP contribution in [0.15, 0.2) is 11.1 Å². The van der Waals surface area contributed by atoms with E-state index in [0.717, 1.165) is 23.5 Å². The predicted octanol–water partition coefficient (Wildman–Crippen LogP) is 1.51. The van der Waals surface area contributed by atoms with Crippen LogP contribution in [-0.4, -0.2) is 24.1 Å². The topological polar surface area (TPSA) is 50.1 Å². The highest BCUT2D eigenvalue weighted by atomic mass is 32.2. The average molecular weight is 197 g/mol. The average Bonchev–Trinajstić information content (AvgIpc) is 2.59. The number of carbonyl (C=O) groups is 1. The maximum Gasteiger partial charge on any atom is 0.348 e. The summed E-state index contributed by atoms with van der Waals surface area (Å²) in [5.41, 5.74) is 1.15. The van der Waals surface area contributed by atoms with E-state index < -0.39 is 5.97 Å². The minimum absolute atomic E-state index is 0.215. The van der Waals surface area contributed by atoms with E-state index >= 15 is 0 Å². The van der Waals surface area contributed by atoms with E-state index in [1.807, 2.05) is 6.07 Å². The highest BCUT2D eigenvalue weighted by Gasteiger charge is 2.19. The summed E-state index contributed by atoms with van der Waals surface area (Å²) < 4.78 is 4.78. The molecule has 0 atom stereocenters. The minimum atomic E-state index is -0.470. The number of esters is 1. The number of hydrogen-bond acceptors (Lipinski definition) is 4. The second-order valence-electron chi connectivity index (χ2n) is 2.61. The maximum absolute atomic E-state index is 11.2. The number of ether oxygens (including phenoxy) is 1. The van der Waals surface area contributed by atoms with Gasteiger partial charge in [-0.05, 0) is 24.7 Å². The smallest absolute Gasteiger partial charge is 0.348 e. The first-order valence-electron chi connectivity index (χ1n) is 4.16. The first-order valence-corrected chi connectivity index (χ1v) is 5.32. The van der Waals surface area contributed by atoms with Crippen molar-refractivity contribution in [1.82, 2.24) is 0 Å². The van der Waals surface area contributed by atoms with Gasteiger partial charge < -0.3 is 4.74 Å². The zero-order chi connectivity index (χ0) is 9.68. The van der Waals surface area contributed by atoms with Crippen molar-refractivity contribution in [3.63, 3.8) is 0 Å². The fourth-order valence-corrected chi connectivity index (χ4v) is 2.20. The van der Waals surface area contributed by atoms with Crippen LogP contribution >= 0.6 is 11.8 Å². The van der Waals surface area contributed by atoms with Crippen LogP contribution in [0.2, 0.25) is 0 Å². The summed E-state index contributed by atoms with van der Waals surface area (Å²) >= 11 is 1.74. The summed E-state index contributed by atoms with van der Waals surface area (Å²) in [4.78, 5) is 11.2. The summed E-state index contributed by atoms with van der Waals surface area (Å²) in [6.45, 7) is 2.06. The molecule has 1 aliphatic rings. The lowest BCUT2D eigenvalue weighted by molar-refractivity contribution is -0.138. The van der Waals surface area contributed by atoms with Crippen LogP contribution in [0.1, 0.15) is 13.3 Å². The summed E-state index contributed by atoms with van der Waals surface area (Å²) in [6.07, 6.45) is 0.840. The standard InChI is InChI=1S/C9H11NO2S/c1-2-12-9(11)8(5-10)7-3-4-13-6-7/h2-4,6H2,1H3. The third-order valence-electron chi connectivity index (χ3n) is 1.77. The fraction of sp³-hybridized carbons (Fsp3) is 0.556. The Morgan fingerprint density at radius 3 is 3.00 bits per heavy atom. The SMILES string of the molecule is CCOC(=O)C(C#N)=C1CCSC1. The molecule has 1 heterocycles. The Bertz CT molecular complexity index is 270. The number of thioether (sulfide) groups is 1. The Balaban J connectivity index is 2.77. The van der Waals surface area contributed by atoms with Crippen LogP contribution in [0.3, 0.4) is 0 Å². The van der Waals surface area contributed by atoms with Gasteiger partial charge in [0.1, 0.15) is 11.6 Å². The number of nitriles is 1. The molecule has 1 fully saturated rings. The lowest BCUT2D eigenvalue weighted by atomic mass is 10.1. The molecule has 3 nitrogen and oxygen atoms in total. The molecule has 0 aliphatic carbocycles. The van der Waals surface area contributed by atoms with E-state index in [1.54, 1.807) is 18.7 Å². The van der Waals surface area contributed by atoms with Crippen molar-refractivity contribution in [2.45, 2.75) is 13.3 Å². The van der Waals surface area contributed by atoms with Crippen molar-refractivity contribution < 1.29 is 9.53 Å². The van der Waals surface area contributed by atoms with Gasteiger partial charge in [0.15, 0.2) is 0 Å². The van der Waals surface area contributed by atoms with E-state index in [9.17, 15) is 4.79 Å². The van der Waals surface area contributed by atoms with Gasteiger partial charge in [-0.15, -0.1) is 0 Å². The molecule has 0 bridgehead atoms. The first kappa shape index (κ1) is 10.1. The van der Waals surface area contributed by atoms with Crippen molar-refractivity contribution in [3.05, 3.63) is 11.1 Å². The molecule has 0 aromatic carbocycles. The molecule has 0 spiro atoms. The normalized spacial score (nSPS) is 19.4. The largest absolute Gasteiger partial charge is 0.462 e. The van der Waals surface area contributed by atoms with Gasteiger partial charge in [0.05, 0.1) is 6.61 Å². The number of hydrogen-bond donors (Lipinski definition) is 0. The van der Waals surface area contributed by atoms with Gasteiger partial charge in [-0.25, -0.2) is 4.79 Å². The third kappa shape index (κ3) is 2.49. The zero-order valence-electron chi connectivity index (χ0n) is 7.50. The van der Waals surface area contributed by atoms with Gasteiger partial charge in [0, 0.05) is 5.75 Å². The summed E-state index contributed by atoms with van der Waals surface area (Å²) in [6, 6.07) is 1.92. The second-order valence-corrected chi connectivity index (χ2v) is 3.72. The zero-order valence-corrected chi connectivity index (χ0v) is 8.32. The van der Waals surface area contributed by atoms with Gasteiger partial charge in [0.25, 0.3) is 0 Å². The number of nitrogens with zero attached hydrogens (tertiary/aromatic N) is 1. The van der Waals surface area contributed by atoms with E-state index in [1.165, 1.54) is 0 Å². The molecular weight excluding hydrogens is 186 g/mol. The molecule has 0 N–H and O–H groups in total. The maximum atomic E-state index is 11.2. The Labute approximate surface area is 81.8 Å². The first-order chi connectivity index (χ1) is 6.29. The summed E-state index contributed by atoms with van der Waals surface area (Å²) in [5, 5.41) is 8.77. The van der Waals surface area contributed by atoms with Gasteiger partial charge in [-0.3, -0.25) is 0 Å². The highest BCUT2D eigenvalue weighted by molar-refractivity contribution is 7.99. The molecule has 1 aliphatic heterocycles. The van der Waals surface area contributed by atoms with Crippen LogP contribution in [-0.2, 0) is 9.53 Å². The van der Waals surface area contributed by atoms with Crippen LogP contribution < -0.4 is 0 Å². The van der Waals surface area contributed by atoms with Gasteiger partial charge in [-0.1, -0.05) is 0 Å². The number of rotatable bonds is 2. The van der Waals surface area contributed by atoms with Gasteiger partial charge >= 0.3 is 5.97 Å². The van der Waals surface area contributed by atoms with E-state index in [2.05, 4.69) is 0 Å². The van der Waals surface area contributed by atoms with Crippen LogP contribution in [0.4, 0.5) is 0 Å². The molecule has 13 heavy (non-hydrogen) atoms. The molecular formula is C9H11NO2S. The van der Waals surface area contributed by atoms with Crippen LogP contribution in [0.5, 0.6) is 0 Å². The Morgan fingerprint density at radius 1 is 1.77 bits per heavy atom. The quantitative estimate of drug-likeness (QED) is 0.382. The Kier molecular flexibility index (Phi) is 3.84. The lowest BCUT2D eigenvalue weighted by Crippen LogP contribution is -2.08. The number of carbonyl (C=O) groups excluding carboxylic acids is 1. The summed E-state index contributed by atoms with van der Waals surface area (Å²) in [7, 11) is 0. The van der Waals surface area contributed by atoms with Gasteiger partial charge in [0.2, 0.25) is 0 Å². The van der Waals surface area contributed by atoms with Crippen LogP contribution in [0, 0.1) is 11.3 Å². The van der Waals surface area contributed by atoms with Crippen molar-refractivity contribution in [2.75, 3.05) is 18.1 Å². The molecule has 1 rings (SSSR count). The molecule has 0 aromatic rings. The van der Waals surface area contributed by atoms with Crippen LogP contribution in [0.25, 0.3) is 0 Å². The highest BCUT2D eigenvalue weighted by Crippen LogP contribution is 2.25. The Morgan fingerprint density at radius 2 is 2.54 bits per heavy atom. The summed E-state index contributed by atoms with van der Waals surface area (Å²) in [5.74, 6) is 1.32. The van der Waals surface area contributed by atoms with Crippen molar-refractivity contribution in [1.29, 1.82) is 5.26 Å². The molecule has 0 amide bonds. The molecule has 0 saturated carbocycles. The predicted molar refractivity (Wildman–Crippen MR) is 51.2 cm³/mol.